The van der Waals surface area contributed by atoms with Crippen LogP contribution in [-0.2, 0) is 9.53 Å². The maximum Gasteiger partial charge on any atom is 0.232 e. The van der Waals surface area contributed by atoms with Gasteiger partial charge < -0.3 is 9.64 Å². The predicted octanol–water partition coefficient (Wildman–Crippen LogP) is 4.15. The molecule has 3 nitrogen and oxygen atoms in total. The fourth-order valence-corrected chi connectivity index (χ4v) is 3.75. The van der Waals surface area contributed by atoms with Crippen molar-refractivity contribution in [2.75, 3.05) is 32.1 Å². The lowest BCUT2D eigenvalue weighted by molar-refractivity contribution is -0.132. The number of hydrogen-bond donors (Lipinski definition) is 0. The van der Waals surface area contributed by atoms with Crippen molar-refractivity contribution in [2.24, 2.45) is 0 Å². The summed E-state index contributed by atoms with van der Waals surface area (Å²) >= 11 is 1.63. The zero-order valence-corrected chi connectivity index (χ0v) is 15.1. The van der Waals surface area contributed by atoms with Crippen molar-refractivity contribution in [3.8, 4) is 11.1 Å². The molecule has 1 heterocycles. The maximum atomic E-state index is 13.9. The number of carbonyl (C=O) groups is 1. The Hall–Kier alpha value is -1.85. The van der Waals surface area contributed by atoms with E-state index in [0.29, 0.717) is 37.6 Å². The molecule has 0 spiro atoms. The number of halogens is 1. The first-order valence-electron chi connectivity index (χ1n) is 8.47. The molecule has 3 rings (SSSR count). The summed E-state index contributed by atoms with van der Waals surface area (Å²) in [6.45, 7) is 4.72. The Morgan fingerprint density at radius 3 is 2.52 bits per heavy atom. The highest BCUT2D eigenvalue weighted by atomic mass is 32.2. The molecule has 25 heavy (non-hydrogen) atoms. The molecular formula is C20H22FNO2S. The Bertz CT molecular complexity index is 714. The minimum atomic E-state index is -0.214. The molecule has 5 heteroatoms. The van der Waals surface area contributed by atoms with E-state index < -0.39 is 0 Å². The van der Waals surface area contributed by atoms with E-state index >= 15 is 0 Å². The monoisotopic (exact) mass is 359 g/mol. The van der Waals surface area contributed by atoms with Crippen LogP contribution in [0.25, 0.3) is 11.1 Å². The number of hydrogen-bond acceptors (Lipinski definition) is 3. The van der Waals surface area contributed by atoms with E-state index in [4.69, 9.17) is 4.74 Å². The van der Waals surface area contributed by atoms with Gasteiger partial charge in [0, 0.05) is 23.9 Å². The number of morpholine rings is 1. The van der Waals surface area contributed by atoms with Gasteiger partial charge in [-0.3, -0.25) is 4.79 Å². The van der Waals surface area contributed by atoms with Crippen LogP contribution in [0.5, 0.6) is 0 Å². The number of rotatable bonds is 5. The quantitative estimate of drug-likeness (QED) is 0.803. The summed E-state index contributed by atoms with van der Waals surface area (Å²) in [5, 5.41) is 0.208. The molecular weight excluding hydrogens is 337 g/mol. The van der Waals surface area contributed by atoms with Gasteiger partial charge in [-0.2, -0.15) is 0 Å². The highest BCUT2D eigenvalue weighted by molar-refractivity contribution is 8.00. The van der Waals surface area contributed by atoms with Crippen LogP contribution in [0.4, 0.5) is 4.39 Å². The summed E-state index contributed by atoms with van der Waals surface area (Å²) in [5.74, 6) is 0.424. The lowest BCUT2D eigenvalue weighted by Crippen LogP contribution is -2.41. The van der Waals surface area contributed by atoms with Gasteiger partial charge in [-0.15, -0.1) is 11.8 Å². The van der Waals surface area contributed by atoms with Crippen LogP contribution in [-0.4, -0.2) is 42.9 Å². The fourth-order valence-electron chi connectivity index (χ4n) is 2.83. The summed E-state index contributed by atoms with van der Waals surface area (Å²) in [6, 6.07) is 14.7. The summed E-state index contributed by atoms with van der Waals surface area (Å²) in [5.41, 5.74) is 2.61. The summed E-state index contributed by atoms with van der Waals surface area (Å²) in [4.78, 5) is 14.1. The first-order valence-corrected chi connectivity index (χ1v) is 9.52. The van der Waals surface area contributed by atoms with E-state index in [0.717, 1.165) is 11.1 Å². The molecule has 1 aliphatic heterocycles. The van der Waals surface area contributed by atoms with Gasteiger partial charge in [0.2, 0.25) is 5.91 Å². The highest BCUT2D eigenvalue weighted by Crippen LogP contribution is 2.30. The number of benzene rings is 2. The van der Waals surface area contributed by atoms with Gasteiger partial charge in [0.05, 0.1) is 19.0 Å². The van der Waals surface area contributed by atoms with Gasteiger partial charge in [-0.1, -0.05) is 42.5 Å². The number of nitrogens with zero attached hydrogens (tertiary/aromatic N) is 1. The first-order chi connectivity index (χ1) is 12.1. The predicted molar refractivity (Wildman–Crippen MR) is 100 cm³/mol. The molecule has 1 atom stereocenters. The minimum Gasteiger partial charge on any atom is -0.378 e. The van der Waals surface area contributed by atoms with E-state index in [1.54, 1.807) is 23.9 Å². The molecule has 2 aromatic rings. The van der Waals surface area contributed by atoms with Crippen molar-refractivity contribution in [1.29, 1.82) is 0 Å². The molecule has 2 aromatic carbocycles. The van der Waals surface area contributed by atoms with Crippen molar-refractivity contribution >= 4 is 17.7 Å². The van der Waals surface area contributed by atoms with Crippen molar-refractivity contribution in [1.82, 2.24) is 4.90 Å². The summed E-state index contributed by atoms with van der Waals surface area (Å²) < 4.78 is 19.1. The van der Waals surface area contributed by atoms with E-state index in [1.807, 2.05) is 35.2 Å². The van der Waals surface area contributed by atoms with Crippen molar-refractivity contribution in [3.63, 3.8) is 0 Å². The number of thioether (sulfide) groups is 1. The third-order valence-electron chi connectivity index (χ3n) is 4.39. The molecule has 1 saturated heterocycles. The number of amides is 1. The van der Waals surface area contributed by atoms with Crippen LogP contribution in [0.3, 0.4) is 0 Å². The number of ether oxygens (including phenoxy) is 1. The molecule has 132 valence electrons. The summed E-state index contributed by atoms with van der Waals surface area (Å²) in [7, 11) is 0. The van der Waals surface area contributed by atoms with Crippen LogP contribution in [0.1, 0.15) is 17.7 Å². The Morgan fingerprint density at radius 2 is 1.84 bits per heavy atom. The van der Waals surface area contributed by atoms with Gasteiger partial charge in [0.25, 0.3) is 0 Å². The zero-order chi connectivity index (χ0) is 17.6. The van der Waals surface area contributed by atoms with Gasteiger partial charge in [-0.25, -0.2) is 4.39 Å². The normalized spacial score (nSPS) is 15.8. The molecule has 0 aliphatic carbocycles. The molecule has 0 saturated carbocycles. The van der Waals surface area contributed by atoms with Crippen LogP contribution < -0.4 is 0 Å². The Morgan fingerprint density at radius 1 is 1.16 bits per heavy atom. The second-order valence-electron chi connectivity index (χ2n) is 6.05. The zero-order valence-electron chi connectivity index (χ0n) is 14.3. The highest BCUT2D eigenvalue weighted by Gasteiger charge is 2.18. The summed E-state index contributed by atoms with van der Waals surface area (Å²) in [6.07, 6.45) is 0. The van der Waals surface area contributed by atoms with Gasteiger partial charge in [-0.05, 0) is 24.1 Å². The Balaban J connectivity index is 1.58. The van der Waals surface area contributed by atoms with Gasteiger partial charge in [0.15, 0.2) is 0 Å². The Kier molecular flexibility index (Phi) is 6.10. The second-order valence-corrected chi connectivity index (χ2v) is 7.38. The lowest BCUT2D eigenvalue weighted by Gasteiger charge is -2.27. The molecule has 1 amide bonds. The molecule has 0 bridgehead atoms. The smallest absolute Gasteiger partial charge is 0.232 e. The van der Waals surface area contributed by atoms with Crippen molar-refractivity contribution < 1.29 is 13.9 Å². The largest absolute Gasteiger partial charge is 0.378 e. The molecule has 1 unspecified atom stereocenters. The third-order valence-corrected chi connectivity index (χ3v) is 5.57. The van der Waals surface area contributed by atoms with Crippen LogP contribution in [0.15, 0.2) is 48.5 Å². The van der Waals surface area contributed by atoms with E-state index in [9.17, 15) is 9.18 Å². The minimum absolute atomic E-state index is 0.170. The molecule has 1 aliphatic rings. The SMILES string of the molecule is CC(SCC(=O)N1CCOCC1)c1ccc(-c2ccccc2F)cc1. The van der Waals surface area contributed by atoms with E-state index in [1.165, 1.54) is 6.07 Å². The van der Waals surface area contributed by atoms with E-state index in [-0.39, 0.29) is 17.0 Å². The van der Waals surface area contributed by atoms with Crippen LogP contribution >= 0.6 is 11.8 Å². The maximum absolute atomic E-state index is 13.9. The third kappa shape index (κ3) is 4.61. The average molecular weight is 359 g/mol. The van der Waals surface area contributed by atoms with Crippen LogP contribution in [0.2, 0.25) is 0 Å². The molecule has 1 fully saturated rings. The fraction of sp³-hybridized carbons (Fsp3) is 0.350. The lowest BCUT2D eigenvalue weighted by atomic mass is 10.0. The Labute approximate surface area is 152 Å². The van der Waals surface area contributed by atoms with Gasteiger partial charge in [0.1, 0.15) is 5.82 Å². The standard InChI is InChI=1S/C20H22FNO2S/c1-15(25-14-20(23)22-10-12-24-13-11-22)16-6-8-17(9-7-16)18-4-2-3-5-19(18)21/h2-9,15H,10-14H2,1H3. The second kappa shape index (κ2) is 8.50. The van der Waals surface area contributed by atoms with Crippen molar-refractivity contribution in [3.05, 3.63) is 59.9 Å². The number of carbonyl (C=O) groups excluding carboxylic acids is 1. The topological polar surface area (TPSA) is 29.5 Å². The van der Waals surface area contributed by atoms with Crippen molar-refractivity contribution in [2.45, 2.75) is 12.2 Å². The first kappa shape index (κ1) is 18.0. The van der Waals surface area contributed by atoms with Crippen LogP contribution in [0, 0.1) is 5.82 Å². The molecule has 0 aromatic heterocycles. The molecule has 0 radical (unpaired) electrons. The van der Waals surface area contributed by atoms with Gasteiger partial charge >= 0.3 is 0 Å². The average Bonchev–Trinajstić information content (AvgIpc) is 2.67. The van der Waals surface area contributed by atoms with E-state index in [2.05, 4.69) is 6.92 Å². The molecule has 0 N–H and O–H groups in total.